The number of hydrogen-bond acceptors (Lipinski definition) is 3. The van der Waals surface area contributed by atoms with Gasteiger partial charge in [-0.05, 0) is 25.7 Å². The van der Waals surface area contributed by atoms with Gasteiger partial charge in [-0.25, -0.2) is 9.48 Å². The lowest BCUT2D eigenvalue weighted by Gasteiger charge is -2.24. The summed E-state index contributed by atoms with van der Waals surface area (Å²) in [6.07, 6.45) is 10.6. The molecule has 7 nitrogen and oxygen atoms in total. The summed E-state index contributed by atoms with van der Waals surface area (Å²) in [6.45, 7) is 1.32. The molecule has 136 valence electrons. The van der Waals surface area contributed by atoms with Crippen LogP contribution in [0.25, 0.3) is 0 Å². The monoisotopic (exact) mass is 345 g/mol. The van der Waals surface area contributed by atoms with Crippen molar-refractivity contribution in [3.8, 4) is 0 Å². The van der Waals surface area contributed by atoms with Crippen LogP contribution in [0.5, 0.6) is 0 Å². The number of rotatable bonds is 5. The summed E-state index contributed by atoms with van der Waals surface area (Å²) in [5.41, 5.74) is 0. The van der Waals surface area contributed by atoms with Gasteiger partial charge in [0.25, 0.3) is 0 Å². The van der Waals surface area contributed by atoms with E-state index in [1.807, 2.05) is 15.6 Å². The number of nitrogens with zero attached hydrogens (tertiary/aromatic N) is 3. The van der Waals surface area contributed by atoms with E-state index in [0.717, 1.165) is 38.0 Å². The van der Waals surface area contributed by atoms with E-state index in [-0.39, 0.29) is 17.9 Å². The van der Waals surface area contributed by atoms with E-state index < -0.39 is 0 Å². The third kappa shape index (κ3) is 3.80. The zero-order valence-electron chi connectivity index (χ0n) is 14.6. The first-order valence-corrected chi connectivity index (χ1v) is 9.58. The van der Waals surface area contributed by atoms with E-state index in [1.54, 1.807) is 6.20 Å². The molecule has 0 spiro atoms. The number of urea groups is 1. The van der Waals surface area contributed by atoms with E-state index in [1.165, 1.54) is 19.3 Å². The van der Waals surface area contributed by atoms with E-state index in [4.69, 9.17) is 0 Å². The number of aromatic nitrogens is 2. The second kappa shape index (κ2) is 7.06. The van der Waals surface area contributed by atoms with Gasteiger partial charge in [-0.15, -0.1) is 0 Å². The van der Waals surface area contributed by atoms with Crippen LogP contribution in [0.2, 0.25) is 0 Å². The van der Waals surface area contributed by atoms with Crippen molar-refractivity contribution >= 4 is 17.8 Å². The van der Waals surface area contributed by atoms with Gasteiger partial charge in [0.2, 0.25) is 5.91 Å². The van der Waals surface area contributed by atoms with E-state index in [2.05, 4.69) is 15.7 Å². The Kier molecular flexibility index (Phi) is 4.63. The first-order chi connectivity index (χ1) is 12.2. The summed E-state index contributed by atoms with van der Waals surface area (Å²) in [6, 6.07) is 2.49. The molecule has 0 radical (unpaired) electrons. The van der Waals surface area contributed by atoms with Crippen LogP contribution < -0.4 is 10.6 Å². The van der Waals surface area contributed by atoms with Crippen molar-refractivity contribution in [3.63, 3.8) is 0 Å². The first-order valence-electron chi connectivity index (χ1n) is 9.58. The largest absolute Gasteiger partial charge is 0.339 e. The molecule has 4 rings (SSSR count). The van der Waals surface area contributed by atoms with Crippen molar-refractivity contribution < 1.29 is 9.59 Å². The Morgan fingerprint density at radius 1 is 1.16 bits per heavy atom. The normalized spacial score (nSPS) is 24.6. The molecule has 2 saturated carbocycles. The van der Waals surface area contributed by atoms with Gasteiger partial charge in [-0.3, -0.25) is 10.1 Å². The van der Waals surface area contributed by atoms with E-state index in [0.29, 0.717) is 25.0 Å². The fourth-order valence-electron chi connectivity index (χ4n) is 4.11. The summed E-state index contributed by atoms with van der Waals surface area (Å²) in [5.74, 6) is 1.22. The van der Waals surface area contributed by atoms with Crippen molar-refractivity contribution in [2.45, 2.75) is 63.5 Å². The van der Waals surface area contributed by atoms with Crippen LogP contribution in [0.3, 0.4) is 0 Å². The molecular weight excluding hydrogens is 318 g/mol. The fourth-order valence-corrected chi connectivity index (χ4v) is 4.11. The number of hydrogen-bond donors (Lipinski definition) is 2. The van der Waals surface area contributed by atoms with Crippen molar-refractivity contribution in [1.82, 2.24) is 20.0 Å². The Bertz CT molecular complexity index is 633. The van der Waals surface area contributed by atoms with Gasteiger partial charge in [-0.1, -0.05) is 19.3 Å². The molecule has 7 heteroatoms. The molecule has 1 aromatic rings. The highest BCUT2D eigenvalue weighted by Crippen LogP contribution is 2.32. The summed E-state index contributed by atoms with van der Waals surface area (Å²) < 4.78 is 1.95. The number of anilines is 1. The SMILES string of the molecule is O=C(NCC1CC(=O)N(C2CC2)C1)Nc1ccnn1C1CCCCC1. The van der Waals surface area contributed by atoms with Gasteiger partial charge in [0, 0.05) is 37.5 Å². The maximum absolute atomic E-state index is 12.2. The molecule has 3 aliphatic rings. The zero-order chi connectivity index (χ0) is 17.2. The number of amides is 3. The van der Waals surface area contributed by atoms with E-state index >= 15 is 0 Å². The molecule has 0 aromatic carbocycles. The molecule has 2 aliphatic carbocycles. The Balaban J connectivity index is 1.27. The minimum Gasteiger partial charge on any atom is -0.339 e. The number of nitrogens with one attached hydrogen (secondary N) is 2. The van der Waals surface area contributed by atoms with Crippen molar-refractivity contribution in [3.05, 3.63) is 12.3 Å². The third-order valence-electron chi connectivity index (χ3n) is 5.61. The predicted octanol–water partition coefficient (Wildman–Crippen LogP) is 2.52. The lowest BCUT2D eigenvalue weighted by molar-refractivity contribution is -0.128. The molecule has 0 bridgehead atoms. The molecule has 25 heavy (non-hydrogen) atoms. The second-order valence-corrected chi connectivity index (χ2v) is 7.64. The second-order valence-electron chi connectivity index (χ2n) is 7.64. The van der Waals surface area contributed by atoms with Crippen molar-refractivity contribution in [2.75, 3.05) is 18.4 Å². The van der Waals surface area contributed by atoms with Crippen molar-refractivity contribution in [2.24, 2.45) is 5.92 Å². The highest BCUT2D eigenvalue weighted by Gasteiger charge is 2.39. The zero-order valence-corrected chi connectivity index (χ0v) is 14.6. The van der Waals surface area contributed by atoms with Crippen LogP contribution in [0, 0.1) is 5.92 Å². The fraction of sp³-hybridized carbons (Fsp3) is 0.722. The van der Waals surface area contributed by atoms with Crippen LogP contribution in [0.1, 0.15) is 57.4 Å². The minimum absolute atomic E-state index is 0.213. The molecule has 3 amide bonds. The summed E-state index contributed by atoms with van der Waals surface area (Å²) in [4.78, 5) is 26.2. The molecule has 3 fully saturated rings. The van der Waals surface area contributed by atoms with Crippen LogP contribution in [-0.2, 0) is 4.79 Å². The number of carbonyl (C=O) groups excluding carboxylic acids is 2. The molecule has 1 saturated heterocycles. The third-order valence-corrected chi connectivity index (χ3v) is 5.61. The molecule has 1 aliphatic heterocycles. The first kappa shape index (κ1) is 16.4. The maximum atomic E-state index is 12.2. The van der Waals surface area contributed by atoms with Gasteiger partial charge in [-0.2, -0.15) is 5.10 Å². The van der Waals surface area contributed by atoms with Gasteiger partial charge in [0.15, 0.2) is 0 Å². The van der Waals surface area contributed by atoms with Gasteiger partial charge in [0.05, 0.1) is 12.2 Å². The topological polar surface area (TPSA) is 79.3 Å². The Hall–Kier alpha value is -2.05. The Morgan fingerprint density at radius 3 is 2.72 bits per heavy atom. The van der Waals surface area contributed by atoms with Crippen LogP contribution in [0.15, 0.2) is 12.3 Å². The summed E-state index contributed by atoms with van der Waals surface area (Å²) >= 11 is 0. The average Bonchev–Trinajstić information content (AvgIpc) is 3.25. The smallest absolute Gasteiger partial charge is 0.320 e. The molecule has 1 unspecified atom stereocenters. The van der Waals surface area contributed by atoms with Crippen LogP contribution >= 0.6 is 0 Å². The molecule has 1 atom stereocenters. The maximum Gasteiger partial charge on any atom is 0.320 e. The lowest BCUT2D eigenvalue weighted by atomic mass is 9.96. The van der Waals surface area contributed by atoms with Crippen molar-refractivity contribution in [1.29, 1.82) is 0 Å². The molecular formula is C18H27N5O2. The number of carbonyl (C=O) groups is 2. The standard InChI is InChI=1S/C18H27N5O2/c24-17-10-13(12-22(17)14-6-7-14)11-19-18(25)21-16-8-9-20-23(16)15-4-2-1-3-5-15/h8-9,13-15H,1-7,10-12H2,(H2,19,21,25). The summed E-state index contributed by atoms with van der Waals surface area (Å²) in [7, 11) is 0. The van der Waals surface area contributed by atoms with Gasteiger partial charge < -0.3 is 10.2 Å². The van der Waals surface area contributed by atoms with Crippen LogP contribution in [0.4, 0.5) is 10.6 Å². The molecule has 1 aromatic heterocycles. The lowest BCUT2D eigenvalue weighted by Crippen LogP contribution is -2.35. The predicted molar refractivity (Wildman–Crippen MR) is 94.2 cm³/mol. The average molecular weight is 345 g/mol. The van der Waals surface area contributed by atoms with Gasteiger partial charge in [0.1, 0.15) is 5.82 Å². The highest BCUT2D eigenvalue weighted by molar-refractivity contribution is 5.88. The molecule has 2 heterocycles. The highest BCUT2D eigenvalue weighted by atomic mass is 16.2. The molecule has 2 N–H and O–H groups in total. The Morgan fingerprint density at radius 2 is 1.96 bits per heavy atom. The summed E-state index contributed by atoms with van der Waals surface area (Å²) in [5, 5.41) is 10.2. The van der Waals surface area contributed by atoms with Gasteiger partial charge >= 0.3 is 6.03 Å². The van der Waals surface area contributed by atoms with Crippen LogP contribution in [-0.4, -0.2) is 45.8 Å². The van der Waals surface area contributed by atoms with E-state index in [9.17, 15) is 9.59 Å². The quantitative estimate of drug-likeness (QED) is 0.860. The minimum atomic E-state index is -0.213. The Labute approximate surface area is 148 Å². The number of likely N-dealkylation sites (tertiary alicyclic amines) is 1.